The lowest BCUT2D eigenvalue weighted by atomic mass is 10.0. The molecule has 1 unspecified atom stereocenters. The number of rotatable bonds is 10. The number of hydrogen-bond acceptors (Lipinski definition) is 8. The lowest BCUT2D eigenvalue weighted by molar-refractivity contribution is -0.116. The topological polar surface area (TPSA) is 104 Å². The van der Waals surface area contributed by atoms with Gasteiger partial charge in [0.1, 0.15) is 12.4 Å². The van der Waals surface area contributed by atoms with Crippen molar-refractivity contribution in [1.29, 1.82) is 0 Å². The third-order valence-corrected chi connectivity index (χ3v) is 6.72. The van der Waals surface area contributed by atoms with Gasteiger partial charge in [-0.05, 0) is 36.2 Å². The lowest BCUT2D eigenvalue weighted by Crippen LogP contribution is -2.13. The Morgan fingerprint density at radius 3 is 2.65 bits per heavy atom. The van der Waals surface area contributed by atoms with E-state index in [2.05, 4.69) is 10.3 Å². The summed E-state index contributed by atoms with van der Waals surface area (Å²) in [6.45, 7) is 0.905. The molecule has 164 valence electrons. The molecule has 10 heteroatoms. The Bertz CT molecular complexity index is 1110. The van der Waals surface area contributed by atoms with Crippen LogP contribution in [-0.4, -0.2) is 44.2 Å². The number of aromatic nitrogens is 1. The number of carbonyl (C=O) groups excluding carboxylic acids is 2. The van der Waals surface area contributed by atoms with Crippen LogP contribution in [0.25, 0.3) is 10.2 Å². The maximum atomic E-state index is 12.4. The summed E-state index contributed by atoms with van der Waals surface area (Å²) in [4.78, 5) is 29.1. The molecule has 0 aliphatic rings. The number of benzene rings is 2. The fourth-order valence-electron chi connectivity index (χ4n) is 2.79. The zero-order chi connectivity index (χ0) is 22.4. The van der Waals surface area contributed by atoms with Crippen molar-refractivity contribution in [3.05, 3.63) is 53.6 Å². The summed E-state index contributed by atoms with van der Waals surface area (Å²) < 4.78 is 27.9. The van der Waals surface area contributed by atoms with E-state index in [4.69, 9.17) is 13.8 Å². The van der Waals surface area contributed by atoms with Crippen LogP contribution in [0.3, 0.4) is 0 Å². The number of anilines is 1. The van der Waals surface area contributed by atoms with Crippen molar-refractivity contribution in [1.82, 2.24) is 4.98 Å². The summed E-state index contributed by atoms with van der Waals surface area (Å²) in [6, 6.07) is 12.8. The van der Waals surface area contributed by atoms with E-state index in [0.29, 0.717) is 22.9 Å². The Morgan fingerprint density at radius 2 is 1.94 bits per heavy atom. The molecule has 3 aromatic rings. The van der Waals surface area contributed by atoms with Crippen molar-refractivity contribution in [3.63, 3.8) is 0 Å². The smallest absolute Gasteiger partial charge is 0.327 e. The summed E-state index contributed by atoms with van der Waals surface area (Å²) in [6.07, 6.45) is 0.717. The van der Waals surface area contributed by atoms with Crippen molar-refractivity contribution < 1.29 is 27.9 Å². The van der Waals surface area contributed by atoms with Crippen molar-refractivity contribution in [2.24, 2.45) is 0 Å². The average molecular weight is 462 g/mol. The number of thiazole rings is 1. The average Bonchev–Trinajstić information content (AvgIpc) is 3.18. The molecular weight excluding hydrogens is 439 g/mol. The molecule has 0 bridgehead atoms. The van der Waals surface area contributed by atoms with Crippen LogP contribution in [0.4, 0.5) is 5.13 Å². The van der Waals surface area contributed by atoms with E-state index in [1.54, 1.807) is 18.2 Å². The van der Waals surface area contributed by atoms with E-state index >= 15 is 0 Å². The summed E-state index contributed by atoms with van der Waals surface area (Å²) >= 11 is 1.43. The van der Waals surface area contributed by atoms with Gasteiger partial charge in [0.05, 0.1) is 22.9 Å². The van der Waals surface area contributed by atoms with E-state index in [-0.39, 0.29) is 24.7 Å². The van der Waals surface area contributed by atoms with Crippen molar-refractivity contribution in [3.8, 4) is 5.75 Å². The van der Waals surface area contributed by atoms with Gasteiger partial charge in [0.2, 0.25) is 5.91 Å². The van der Waals surface area contributed by atoms with Crippen LogP contribution in [0.1, 0.15) is 22.3 Å². The SMILES string of the molecule is COc1cc(CCC(=O)Nc2nc3ccccc3s2)ccc1C(=O)COP(C)(=O)OC. The molecule has 0 radical (unpaired) electrons. The van der Waals surface area contributed by atoms with Crippen LogP contribution >= 0.6 is 18.9 Å². The van der Waals surface area contributed by atoms with Gasteiger partial charge in [0, 0.05) is 20.2 Å². The highest BCUT2D eigenvalue weighted by Gasteiger charge is 2.20. The van der Waals surface area contributed by atoms with Crippen molar-refractivity contribution in [2.45, 2.75) is 12.8 Å². The molecule has 0 spiro atoms. The number of fused-ring (bicyclic) bond motifs is 1. The maximum Gasteiger partial charge on any atom is 0.327 e. The van der Waals surface area contributed by atoms with Crippen LogP contribution in [0.2, 0.25) is 0 Å². The van der Waals surface area contributed by atoms with Crippen LogP contribution in [0.15, 0.2) is 42.5 Å². The van der Waals surface area contributed by atoms with Crippen molar-refractivity contribution in [2.75, 3.05) is 32.8 Å². The molecule has 8 nitrogen and oxygen atoms in total. The van der Waals surface area contributed by atoms with Gasteiger partial charge in [0.15, 0.2) is 10.9 Å². The number of Topliss-reactive ketones (excluding diaryl/α,β-unsaturated/α-hetero) is 1. The minimum atomic E-state index is -3.25. The van der Waals surface area contributed by atoms with Gasteiger partial charge in [-0.15, -0.1) is 0 Å². The predicted molar refractivity (Wildman–Crippen MR) is 120 cm³/mol. The first-order valence-corrected chi connectivity index (χ1v) is 12.3. The molecule has 1 atom stereocenters. The number of nitrogens with zero attached hydrogens (tertiary/aromatic N) is 1. The highest BCUT2D eigenvalue weighted by Crippen LogP contribution is 2.42. The zero-order valence-corrected chi connectivity index (χ0v) is 19.1. The van der Waals surface area contributed by atoms with E-state index in [9.17, 15) is 14.2 Å². The first-order chi connectivity index (χ1) is 14.8. The number of amides is 1. The predicted octanol–water partition coefficient (Wildman–Crippen LogP) is 4.54. The number of hydrogen-bond donors (Lipinski definition) is 1. The van der Waals surface area contributed by atoms with Gasteiger partial charge in [-0.1, -0.05) is 29.5 Å². The molecule has 0 aliphatic heterocycles. The van der Waals surface area contributed by atoms with Crippen LogP contribution in [0, 0.1) is 0 Å². The highest BCUT2D eigenvalue weighted by molar-refractivity contribution is 7.52. The molecule has 31 heavy (non-hydrogen) atoms. The Hall–Kier alpha value is -2.58. The van der Waals surface area contributed by atoms with Crippen LogP contribution in [-0.2, 0) is 24.8 Å². The maximum absolute atomic E-state index is 12.4. The number of ether oxygens (including phenoxy) is 1. The summed E-state index contributed by atoms with van der Waals surface area (Å²) in [5.41, 5.74) is 2.00. The minimum absolute atomic E-state index is 0.148. The summed E-state index contributed by atoms with van der Waals surface area (Å²) in [5, 5.41) is 3.39. The number of aryl methyl sites for hydroxylation is 1. The molecule has 1 N–H and O–H groups in total. The van der Waals surface area contributed by atoms with E-state index in [1.807, 2.05) is 24.3 Å². The second-order valence-corrected chi connectivity index (χ2v) is 9.92. The van der Waals surface area contributed by atoms with E-state index in [1.165, 1.54) is 32.2 Å². The van der Waals surface area contributed by atoms with E-state index in [0.717, 1.165) is 15.8 Å². The largest absolute Gasteiger partial charge is 0.496 e. The lowest BCUT2D eigenvalue weighted by Gasteiger charge is -2.13. The second kappa shape index (κ2) is 10.2. The number of para-hydroxylation sites is 1. The van der Waals surface area contributed by atoms with Gasteiger partial charge in [0.25, 0.3) is 0 Å². The Labute approximate surface area is 184 Å². The van der Waals surface area contributed by atoms with Crippen molar-refractivity contribution >= 4 is 46.0 Å². The monoisotopic (exact) mass is 462 g/mol. The third kappa shape index (κ3) is 6.21. The first-order valence-electron chi connectivity index (χ1n) is 9.44. The van der Waals surface area contributed by atoms with Gasteiger partial charge in [-0.3, -0.25) is 14.2 Å². The van der Waals surface area contributed by atoms with Crippen LogP contribution < -0.4 is 10.1 Å². The number of carbonyl (C=O) groups is 2. The summed E-state index contributed by atoms with van der Waals surface area (Å²) in [5.74, 6) is -0.165. The molecule has 1 aromatic heterocycles. The van der Waals surface area contributed by atoms with Crippen LogP contribution in [0.5, 0.6) is 5.75 Å². The zero-order valence-electron chi connectivity index (χ0n) is 17.4. The molecule has 0 aliphatic carbocycles. The molecule has 3 rings (SSSR count). The highest BCUT2D eigenvalue weighted by atomic mass is 32.1. The number of ketones is 1. The van der Waals surface area contributed by atoms with Gasteiger partial charge >= 0.3 is 7.60 Å². The molecule has 2 aromatic carbocycles. The van der Waals surface area contributed by atoms with Gasteiger partial charge < -0.3 is 19.1 Å². The summed E-state index contributed by atoms with van der Waals surface area (Å²) in [7, 11) is -0.540. The van der Waals surface area contributed by atoms with Gasteiger partial charge in [-0.2, -0.15) is 0 Å². The molecule has 1 heterocycles. The molecule has 0 fully saturated rings. The fourth-order valence-corrected chi connectivity index (χ4v) is 4.13. The second-order valence-electron chi connectivity index (χ2n) is 6.72. The molecule has 0 saturated carbocycles. The Balaban J connectivity index is 1.59. The number of nitrogens with one attached hydrogen (secondary N) is 1. The van der Waals surface area contributed by atoms with E-state index < -0.39 is 7.60 Å². The quantitative estimate of drug-likeness (QED) is 0.348. The first kappa shape index (κ1) is 23.1. The number of methoxy groups -OCH3 is 1. The standard InChI is InChI=1S/C21H23N2O6PS/c1-27-18-12-14(8-10-15(18)17(24)13-29-30(3,26)28-2)9-11-20(25)23-21-22-16-6-4-5-7-19(16)31-21/h4-8,10,12H,9,11,13H2,1-3H3,(H,22,23,25). The Kier molecular flexibility index (Phi) is 7.56. The normalized spacial score (nSPS) is 13.0. The molecular formula is C21H23N2O6PS. The fraction of sp³-hybridized carbons (Fsp3) is 0.286. The minimum Gasteiger partial charge on any atom is -0.496 e. The molecule has 1 amide bonds. The molecule has 0 saturated heterocycles. The third-order valence-electron chi connectivity index (χ3n) is 4.51. The Morgan fingerprint density at radius 1 is 1.16 bits per heavy atom. The van der Waals surface area contributed by atoms with Gasteiger partial charge in [-0.25, -0.2) is 4.98 Å².